The summed E-state index contributed by atoms with van der Waals surface area (Å²) in [6.45, 7) is 0.210. The van der Waals surface area contributed by atoms with E-state index >= 15 is 0 Å². The van der Waals surface area contributed by atoms with Crippen molar-refractivity contribution in [1.82, 2.24) is 21.9 Å². The van der Waals surface area contributed by atoms with E-state index in [1.54, 1.807) is 12.1 Å². The molecular formula is C27H27N5O4. The van der Waals surface area contributed by atoms with Crippen LogP contribution in [0.15, 0.2) is 88.0 Å². The van der Waals surface area contributed by atoms with Crippen molar-refractivity contribution in [2.75, 3.05) is 11.9 Å². The van der Waals surface area contributed by atoms with E-state index in [9.17, 15) is 9.59 Å². The minimum Gasteiger partial charge on any atom is -0.494 e. The molecule has 0 bridgehead atoms. The van der Waals surface area contributed by atoms with Gasteiger partial charge in [-0.1, -0.05) is 36.4 Å². The zero-order valence-electron chi connectivity index (χ0n) is 23.2. The molecule has 5 rings (SSSR count). The number of ether oxygens (including phenoxy) is 1. The predicted molar refractivity (Wildman–Crippen MR) is 137 cm³/mol. The second kappa shape index (κ2) is 11.1. The van der Waals surface area contributed by atoms with Crippen LogP contribution in [-0.4, -0.2) is 12.5 Å². The first-order valence-corrected chi connectivity index (χ1v) is 11.5. The second-order valence-electron chi connectivity index (χ2n) is 8.12. The van der Waals surface area contributed by atoms with Crippen molar-refractivity contribution >= 4 is 22.6 Å². The zero-order chi connectivity index (χ0) is 28.2. The Morgan fingerprint density at radius 3 is 2.56 bits per heavy atom. The number of hydrogen-bond donors (Lipinski definition) is 5. The maximum absolute atomic E-state index is 13.3. The summed E-state index contributed by atoms with van der Waals surface area (Å²) in [7, 11) is 0. The Balaban J connectivity index is 1.35. The summed E-state index contributed by atoms with van der Waals surface area (Å²) in [6, 6.07) is 14.0. The van der Waals surface area contributed by atoms with Crippen LogP contribution in [0.3, 0.4) is 0 Å². The number of hydrogen-bond acceptors (Lipinski definition) is 8. The lowest BCUT2D eigenvalue weighted by atomic mass is 10.1. The van der Waals surface area contributed by atoms with Gasteiger partial charge in [0.25, 0.3) is 5.91 Å². The summed E-state index contributed by atoms with van der Waals surface area (Å²) < 4.78 is 45.1. The number of unbranched alkanes of at least 4 members (excludes halogenated alkanes) is 1. The van der Waals surface area contributed by atoms with Gasteiger partial charge in [0.05, 0.1) is 23.2 Å². The molecule has 0 unspecified atom stereocenters. The Kier molecular flexibility index (Phi) is 5.95. The standard InChI is InChI=1S/C27H27N5O4/c33-23-17-24(26-29-31-32-30-26)36-25-21(23)10-6-11-22(25)28-27(34)19-12-14-20(15-13-19)35-16-5-4-9-18-7-2-1-3-8-18/h1-3,6-8,10-15,17,26,29-32H,4-5,9,16H2,(H,28,34)/i12D,13D,14D,15D. The van der Waals surface area contributed by atoms with E-state index in [2.05, 4.69) is 27.2 Å². The molecule has 0 saturated carbocycles. The van der Waals surface area contributed by atoms with Crippen molar-refractivity contribution in [2.45, 2.75) is 25.4 Å². The molecule has 1 aromatic heterocycles. The minimum absolute atomic E-state index is 0.0968. The molecule has 1 aliphatic heterocycles. The molecule has 0 spiro atoms. The smallest absolute Gasteiger partial charge is 0.255 e. The van der Waals surface area contributed by atoms with Crippen molar-refractivity contribution < 1.29 is 19.4 Å². The third-order valence-electron chi connectivity index (χ3n) is 5.58. The van der Waals surface area contributed by atoms with Crippen molar-refractivity contribution in [3.8, 4) is 5.75 Å². The average Bonchev–Trinajstić information content (AvgIpc) is 3.50. The molecule has 2 heterocycles. The normalized spacial score (nSPS) is 15.2. The summed E-state index contributed by atoms with van der Waals surface area (Å²) >= 11 is 0. The van der Waals surface area contributed by atoms with Gasteiger partial charge in [-0.3, -0.25) is 9.59 Å². The predicted octanol–water partition coefficient (Wildman–Crippen LogP) is 3.56. The first kappa shape index (κ1) is 19.2. The van der Waals surface area contributed by atoms with E-state index in [1.807, 2.05) is 30.3 Å². The van der Waals surface area contributed by atoms with Crippen LogP contribution in [0.25, 0.3) is 11.0 Å². The van der Waals surface area contributed by atoms with Crippen LogP contribution in [0.4, 0.5) is 5.69 Å². The van der Waals surface area contributed by atoms with Crippen LogP contribution in [-0.2, 0) is 6.42 Å². The number of nitrogens with one attached hydrogen (secondary N) is 5. The highest BCUT2D eigenvalue weighted by molar-refractivity contribution is 6.07. The number of rotatable bonds is 9. The van der Waals surface area contributed by atoms with Gasteiger partial charge in [0, 0.05) is 11.6 Å². The van der Waals surface area contributed by atoms with E-state index in [1.165, 1.54) is 17.7 Å². The number of benzene rings is 3. The molecule has 4 aromatic rings. The van der Waals surface area contributed by atoms with Crippen molar-refractivity contribution in [3.05, 3.63) is 106 Å². The number of carbonyl (C=O) groups excluding carboxylic acids is 1. The van der Waals surface area contributed by atoms with Gasteiger partial charge in [-0.15, -0.1) is 0 Å². The van der Waals surface area contributed by atoms with Gasteiger partial charge in [0.2, 0.25) is 0 Å². The van der Waals surface area contributed by atoms with Crippen molar-refractivity contribution in [3.63, 3.8) is 0 Å². The Hall–Kier alpha value is -4.02. The van der Waals surface area contributed by atoms with E-state index < -0.39 is 41.8 Å². The van der Waals surface area contributed by atoms with Crippen LogP contribution in [0.1, 0.15) is 46.2 Å². The molecule has 1 saturated heterocycles. The van der Waals surface area contributed by atoms with Gasteiger partial charge >= 0.3 is 0 Å². The highest BCUT2D eigenvalue weighted by Crippen LogP contribution is 2.25. The maximum Gasteiger partial charge on any atom is 0.255 e. The van der Waals surface area contributed by atoms with Crippen molar-refractivity contribution in [1.29, 1.82) is 0 Å². The fourth-order valence-electron chi connectivity index (χ4n) is 3.75. The summed E-state index contributed by atoms with van der Waals surface area (Å²) in [5.74, 6) is -0.843. The summed E-state index contributed by atoms with van der Waals surface area (Å²) in [5.41, 5.74) is 11.5. The molecule has 1 aliphatic rings. The molecule has 184 valence electrons. The number of para-hydroxylation sites is 1. The third-order valence-corrected chi connectivity index (χ3v) is 5.58. The fourth-order valence-corrected chi connectivity index (χ4v) is 3.75. The zero-order valence-corrected chi connectivity index (χ0v) is 19.2. The van der Waals surface area contributed by atoms with Gasteiger partial charge in [-0.2, -0.15) is 11.1 Å². The molecule has 1 fully saturated rings. The molecule has 36 heavy (non-hydrogen) atoms. The fraction of sp³-hybridized carbons (Fsp3) is 0.185. The first-order valence-electron chi connectivity index (χ1n) is 13.5. The molecule has 3 aromatic carbocycles. The van der Waals surface area contributed by atoms with Crippen molar-refractivity contribution in [2.24, 2.45) is 0 Å². The van der Waals surface area contributed by atoms with Crippen LogP contribution < -0.4 is 37.4 Å². The van der Waals surface area contributed by atoms with Gasteiger partial charge < -0.3 is 14.5 Å². The largest absolute Gasteiger partial charge is 0.494 e. The Bertz CT molecular complexity index is 1580. The Morgan fingerprint density at radius 2 is 1.78 bits per heavy atom. The molecule has 9 heteroatoms. The van der Waals surface area contributed by atoms with Crippen LogP contribution >= 0.6 is 0 Å². The highest BCUT2D eigenvalue weighted by Gasteiger charge is 2.20. The van der Waals surface area contributed by atoms with Gasteiger partial charge in [0.1, 0.15) is 17.7 Å². The average molecular weight is 490 g/mol. The van der Waals surface area contributed by atoms with Gasteiger partial charge in [0.15, 0.2) is 11.0 Å². The van der Waals surface area contributed by atoms with Crippen LogP contribution in [0.5, 0.6) is 5.75 Å². The lowest BCUT2D eigenvalue weighted by Crippen LogP contribution is -2.33. The number of hydrazine groups is 3. The molecule has 0 aliphatic carbocycles. The number of carbonyl (C=O) groups is 1. The van der Waals surface area contributed by atoms with Gasteiger partial charge in [-0.25, -0.2) is 10.9 Å². The first-order chi connectivity index (χ1) is 19.3. The minimum atomic E-state index is -0.882. The highest BCUT2D eigenvalue weighted by atomic mass is 16.5. The SMILES string of the molecule is [2H]c1c([2H])c(C(=O)Nc2cccc3c(=O)cc(C4NNNN4)oc23)c([2H])c([2H])c1OCCCCc1ccccc1. The van der Waals surface area contributed by atoms with Crippen LogP contribution in [0.2, 0.25) is 0 Å². The van der Waals surface area contributed by atoms with Gasteiger partial charge in [-0.05, 0) is 61.1 Å². The third kappa shape index (κ3) is 5.61. The quantitative estimate of drug-likeness (QED) is 0.227. The molecule has 9 nitrogen and oxygen atoms in total. The maximum atomic E-state index is 13.3. The topological polar surface area (TPSA) is 117 Å². The number of anilines is 1. The van der Waals surface area contributed by atoms with E-state index in [0.29, 0.717) is 6.42 Å². The monoisotopic (exact) mass is 489 g/mol. The molecule has 1 amide bonds. The number of fused-ring (bicyclic) bond motifs is 1. The molecule has 0 radical (unpaired) electrons. The Morgan fingerprint density at radius 1 is 1.00 bits per heavy atom. The van der Waals surface area contributed by atoms with Crippen LogP contribution in [0, 0.1) is 0 Å². The number of amides is 1. The lowest BCUT2D eigenvalue weighted by Gasteiger charge is -2.12. The summed E-state index contributed by atoms with van der Waals surface area (Å²) in [5, 5.41) is 2.80. The van der Waals surface area contributed by atoms with E-state index in [-0.39, 0.29) is 40.2 Å². The summed E-state index contributed by atoms with van der Waals surface area (Å²) in [6.07, 6.45) is 1.77. The van der Waals surface area contributed by atoms with E-state index in [4.69, 9.17) is 14.6 Å². The Labute approximate surface area is 213 Å². The molecular weight excluding hydrogens is 458 g/mol. The van der Waals surface area contributed by atoms with E-state index in [0.717, 1.165) is 12.8 Å². The molecule has 0 atom stereocenters. The second-order valence-corrected chi connectivity index (χ2v) is 8.12. The summed E-state index contributed by atoms with van der Waals surface area (Å²) in [4.78, 5) is 26.0. The number of aryl methyl sites for hydroxylation is 1. The molecule has 5 N–H and O–H groups in total. The lowest BCUT2D eigenvalue weighted by molar-refractivity contribution is 0.102.